The zero-order valence-corrected chi connectivity index (χ0v) is 28.8. The molecule has 0 N–H and O–H groups in total. The Balaban J connectivity index is 1.71. The van der Waals surface area contributed by atoms with Crippen LogP contribution in [0.5, 0.6) is 0 Å². The van der Waals surface area contributed by atoms with E-state index < -0.39 is 79.1 Å². The van der Waals surface area contributed by atoms with E-state index >= 15 is 0 Å². The van der Waals surface area contributed by atoms with Crippen molar-refractivity contribution in [3.05, 3.63) is 58.7 Å². The lowest BCUT2D eigenvalue weighted by Gasteiger charge is -2.46. The van der Waals surface area contributed by atoms with E-state index in [0.29, 0.717) is 48.4 Å². The minimum Gasteiger partial charge on any atom is -0.166 e. The molecule has 0 aliphatic heterocycles. The van der Waals surface area contributed by atoms with Crippen LogP contribution < -0.4 is 10.6 Å². The third kappa shape index (κ3) is 9.10. The second-order valence-electron chi connectivity index (χ2n) is 13.8. The van der Waals surface area contributed by atoms with E-state index in [9.17, 15) is 52.7 Å². The number of rotatable bonds is 7. The summed E-state index contributed by atoms with van der Waals surface area (Å²) in [6.07, 6.45) is -8.92. The summed E-state index contributed by atoms with van der Waals surface area (Å²) >= 11 is 0. The van der Waals surface area contributed by atoms with Crippen LogP contribution >= 0.6 is 15.8 Å². The molecule has 0 spiro atoms. The molecule has 5 rings (SSSR count). The highest BCUT2D eigenvalue weighted by atomic mass is 31.1. The summed E-state index contributed by atoms with van der Waals surface area (Å²) in [5.74, 6) is -0.270. The Morgan fingerprint density at radius 2 is 0.816 bits per heavy atom. The van der Waals surface area contributed by atoms with Crippen LogP contribution in [0.15, 0.2) is 36.4 Å². The highest BCUT2D eigenvalue weighted by Gasteiger charge is 2.47. The van der Waals surface area contributed by atoms with Crippen molar-refractivity contribution in [2.75, 3.05) is 0 Å². The maximum Gasteiger partial charge on any atom is 0.416 e. The Labute approximate surface area is 281 Å². The first-order chi connectivity index (χ1) is 22.7. The Morgan fingerprint density at radius 3 is 1.14 bits per heavy atom. The van der Waals surface area contributed by atoms with Gasteiger partial charge in [0.15, 0.2) is 0 Å². The van der Waals surface area contributed by atoms with Crippen molar-refractivity contribution in [3.8, 4) is 0 Å². The minimum absolute atomic E-state index is 0.000490. The highest BCUT2D eigenvalue weighted by molar-refractivity contribution is 7.73. The molecule has 0 radical (unpaired) electrons. The second kappa shape index (κ2) is 14.8. The lowest BCUT2D eigenvalue weighted by Crippen LogP contribution is -2.35. The van der Waals surface area contributed by atoms with Gasteiger partial charge in [0.05, 0.1) is 22.3 Å². The maximum atomic E-state index is 14.1. The molecule has 3 saturated carbocycles. The number of benzene rings is 2. The molecule has 0 saturated heterocycles. The molecule has 14 heteroatoms. The second-order valence-corrected chi connectivity index (χ2v) is 19.4. The van der Waals surface area contributed by atoms with Crippen molar-refractivity contribution in [1.82, 2.24) is 0 Å². The van der Waals surface area contributed by atoms with Crippen molar-refractivity contribution >= 4 is 26.5 Å². The van der Waals surface area contributed by atoms with Crippen molar-refractivity contribution in [1.29, 1.82) is 0 Å². The van der Waals surface area contributed by atoms with Gasteiger partial charge in [0, 0.05) is 0 Å². The van der Waals surface area contributed by atoms with Crippen molar-refractivity contribution < 1.29 is 52.7 Å². The van der Waals surface area contributed by atoms with Gasteiger partial charge in [-0.15, -0.1) is 0 Å². The monoisotopic (exact) mass is 750 g/mol. The molecule has 0 unspecified atom stereocenters. The molecular weight excluding hydrogens is 710 g/mol. The highest BCUT2D eigenvalue weighted by Crippen LogP contribution is 2.64. The van der Waals surface area contributed by atoms with Gasteiger partial charge in [-0.2, -0.15) is 52.7 Å². The zero-order valence-electron chi connectivity index (χ0n) is 27.0. The van der Waals surface area contributed by atoms with Crippen LogP contribution in [0, 0.1) is 5.92 Å². The molecule has 0 amide bonds. The van der Waals surface area contributed by atoms with Gasteiger partial charge in [0.2, 0.25) is 0 Å². The van der Waals surface area contributed by atoms with Gasteiger partial charge in [-0.25, -0.2) is 0 Å². The molecular formula is C35H40F12P2. The van der Waals surface area contributed by atoms with Gasteiger partial charge in [-0.3, -0.25) is 0 Å². The van der Waals surface area contributed by atoms with Gasteiger partial charge in [0.25, 0.3) is 0 Å². The summed E-state index contributed by atoms with van der Waals surface area (Å²) in [6, 6.07) is 1.95. The molecule has 3 aliphatic rings. The van der Waals surface area contributed by atoms with Crippen LogP contribution in [0.25, 0.3) is 0 Å². The largest absolute Gasteiger partial charge is 0.416 e. The van der Waals surface area contributed by atoms with Crippen LogP contribution in [-0.4, -0.2) is 22.6 Å². The number of alkyl halides is 12. The van der Waals surface area contributed by atoms with Gasteiger partial charge in [0.1, 0.15) is 0 Å². The van der Waals surface area contributed by atoms with Crippen LogP contribution in [0.1, 0.15) is 113 Å². The minimum atomic E-state index is -5.24. The van der Waals surface area contributed by atoms with Crippen LogP contribution in [0.2, 0.25) is 0 Å². The fourth-order valence-corrected chi connectivity index (χ4v) is 16.7. The van der Waals surface area contributed by atoms with E-state index in [1.807, 2.05) is 0 Å². The van der Waals surface area contributed by atoms with Gasteiger partial charge in [-0.05, 0) is 122 Å². The summed E-state index contributed by atoms with van der Waals surface area (Å²) in [4.78, 5) is 0. The molecule has 0 heterocycles. The van der Waals surface area contributed by atoms with Gasteiger partial charge in [-0.1, -0.05) is 59.8 Å². The van der Waals surface area contributed by atoms with E-state index in [4.69, 9.17) is 0 Å². The Hall–Kier alpha value is -1.54. The first-order valence-corrected chi connectivity index (χ1v) is 19.9. The molecule has 274 valence electrons. The van der Waals surface area contributed by atoms with Crippen LogP contribution in [0.3, 0.4) is 0 Å². The lowest BCUT2D eigenvalue weighted by atomic mass is 9.99. The van der Waals surface area contributed by atoms with Crippen molar-refractivity contribution in [3.63, 3.8) is 0 Å². The Bertz CT molecular complexity index is 1260. The standard InChI is InChI=1S/C35H40F12P2/c1-21(48(26-9-4-2-5-10-26)27-11-6-3-7-12-27)30-13-8-14-31(30)49(28-17-22(32(36,37)38)15-23(18-28)33(39,40)41)29-19-24(34(42,43)44)16-25(20-29)35(45,46)47/h15-21,26-27,30-31H,2-14H2,1H3/t21-,30+,31+/m0/s1. The average molecular weight is 751 g/mol. The smallest absolute Gasteiger partial charge is 0.166 e. The number of hydrogen-bond acceptors (Lipinski definition) is 0. The normalized spacial score (nSPS) is 23.1. The molecule has 3 atom stereocenters. The zero-order chi connectivity index (χ0) is 35.9. The quantitative estimate of drug-likeness (QED) is 0.195. The van der Waals surface area contributed by atoms with E-state index in [1.165, 1.54) is 0 Å². The molecule has 49 heavy (non-hydrogen) atoms. The molecule has 2 aromatic rings. The SMILES string of the molecule is C[C@@H]([C@H]1CCC[C@H]1P(c1cc(C(F)(F)F)cc(C(F)(F)F)c1)c1cc(C(F)(F)F)cc(C(F)(F)F)c1)P(C1CCCCC1)C1CCCCC1. The Kier molecular flexibility index (Phi) is 11.7. The predicted molar refractivity (Wildman–Crippen MR) is 170 cm³/mol. The third-order valence-corrected chi connectivity index (χ3v) is 17.6. The molecule has 3 aliphatic carbocycles. The summed E-state index contributed by atoms with van der Waals surface area (Å²) in [5.41, 5.74) is -6.38. The third-order valence-electron chi connectivity index (χ3n) is 10.6. The molecule has 0 aromatic heterocycles. The van der Waals surface area contributed by atoms with Crippen LogP contribution in [-0.2, 0) is 24.7 Å². The van der Waals surface area contributed by atoms with Gasteiger partial charge < -0.3 is 0 Å². The summed E-state index contributed by atoms with van der Waals surface area (Å²) in [7, 11) is -3.19. The molecule has 0 bridgehead atoms. The average Bonchev–Trinajstić information content (AvgIpc) is 3.50. The van der Waals surface area contributed by atoms with Crippen molar-refractivity contribution in [2.24, 2.45) is 5.92 Å². The number of halogens is 12. The van der Waals surface area contributed by atoms with E-state index in [-0.39, 0.29) is 30.1 Å². The van der Waals surface area contributed by atoms with Gasteiger partial charge >= 0.3 is 24.7 Å². The fraction of sp³-hybridized carbons (Fsp3) is 0.657. The van der Waals surface area contributed by atoms with E-state index in [1.54, 1.807) is 0 Å². The molecule has 2 aromatic carbocycles. The summed E-state index contributed by atoms with van der Waals surface area (Å²) < 4.78 is 169. The first-order valence-electron chi connectivity index (χ1n) is 16.9. The maximum absolute atomic E-state index is 14.1. The number of hydrogen-bond donors (Lipinski definition) is 0. The Morgan fingerprint density at radius 1 is 0.469 bits per heavy atom. The summed E-state index contributed by atoms with van der Waals surface area (Å²) in [6.45, 7) is 2.09. The lowest BCUT2D eigenvalue weighted by molar-refractivity contribution is -0.144. The molecule has 3 fully saturated rings. The topological polar surface area (TPSA) is 0 Å². The van der Waals surface area contributed by atoms with E-state index in [2.05, 4.69) is 6.92 Å². The molecule has 0 nitrogen and oxygen atoms in total. The fourth-order valence-electron chi connectivity index (χ4n) is 8.48. The van der Waals surface area contributed by atoms with E-state index in [0.717, 1.165) is 64.2 Å². The summed E-state index contributed by atoms with van der Waals surface area (Å²) in [5, 5.41) is -1.01. The van der Waals surface area contributed by atoms with Crippen LogP contribution in [0.4, 0.5) is 52.7 Å². The first kappa shape index (κ1) is 38.7. The predicted octanol–water partition coefficient (Wildman–Crippen LogP) is 12.9. The van der Waals surface area contributed by atoms with Crippen molar-refractivity contribution in [2.45, 2.75) is 138 Å².